The number of hydrogen-bond donors (Lipinski definition) is 1. The first-order valence-electron chi connectivity index (χ1n) is 6.66. The van der Waals surface area contributed by atoms with Crippen LogP contribution < -0.4 is 10.1 Å². The minimum absolute atomic E-state index is 0.154. The van der Waals surface area contributed by atoms with Crippen molar-refractivity contribution in [2.24, 2.45) is 7.05 Å². The number of fused-ring (bicyclic) bond motifs is 1. The minimum Gasteiger partial charge on any atom is -0.488 e. The topological polar surface area (TPSA) is 52.0 Å². The van der Waals surface area contributed by atoms with Crippen molar-refractivity contribution >= 4 is 15.9 Å². The lowest BCUT2D eigenvalue weighted by Gasteiger charge is -2.16. The quantitative estimate of drug-likeness (QED) is 0.930. The van der Waals surface area contributed by atoms with Gasteiger partial charge in [-0.05, 0) is 30.7 Å². The number of benzene rings is 1. The molecule has 0 bridgehead atoms. The van der Waals surface area contributed by atoms with Gasteiger partial charge in [-0.2, -0.15) is 0 Å². The van der Waals surface area contributed by atoms with Crippen LogP contribution >= 0.6 is 15.9 Å². The molecule has 0 saturated heterocycles. The summed E-state index contributed by atoms with van der Waals surface area (Å²) in [6.45, 7) is 2.88. The third-order valence-electron chi connectivity index (χ3n) is 3.55. The van der Waals surface area contributed by atoms with Crippen molar-refractivity contribution < 1.29 is 4.74 Å². The molecule has 1 aromatic heterocycles. The number of rotatable bonds is 4. The van der Waals surface area contributed by atoms with Crippen LogP contribution in [0.5, 0.6) is 5.75 Å². The third-order valence-corrected chi connectivity index (χ3v) is 4.04. The first kappa shape index (κ1) is 13.6. The molecule has 2 atom stereocenters. The number of aryl methyl sites for hydroxylation is 1. The van der Waals surface area contributed by atoms with Crippen LogP contribution in [0.3, 0.4) is 0 Å². The Bertz CT molecular complexity index is 613. The SMILES string of the molecule is CC(NCC1Cc2cc(Br)ccc2O1)c1nncn1C. The summed E-state index contributed by atoms with van der Waals surface area (Å²) < 4.78 is 8.96. The van der Waals surface area contributed by atoms with Crippen molar-refractivity contribution in [2.45, 2.75) is 25.5 Å². The van der Waals surface area contributed by atoms with Gasteiger partial charge in [-0.3, -0.25) is 0 Å². The maximum absolute atomic E-state index is 5.93. The second-order valence-electron chi connectivity index (χ2n) is 5.13. The molecule has 5 nitrogen and oxygen atoms in total. The fourth-order valence-electron chi connectivity index (χ4n) is 2.49. The molecule has 0 amide bonds. The maximum atomic E-state index is 5.93. The molecule has 3 rings (SSSR count). The Kier molecular flexibility index (Phi) is 3.76. The molecule has 2 aromatic rings. The Morgan fingerprint density at radius 2 is 2.40 bits per heavy atom. The van der Waals surface area contributed by atoms with Crippen molar-refractivity contribution in [3.05, 3.63) is 40.4 Å². The summed E-state index contributed by atoms with van der Waals surface area (Å²) in [4.78, 5) is 0. The highest BCUT2D eigenvalue weighted by molar-refractivity contribution is 9.10. The molecule has 6 heteroatoms. The Morgan fingerprint density at radius 1 is 1.55 bits per heavy atom. The molecule has 1 N–H and O–H groups in total. The normalized spacial score (nSPS) is 18.6. The second kappa shape index (κ2) is 5.54. The molecule has 0 saturated carbocycles. The second-order valence-corrected chi connectivity index (χ2v) is 6.04. The summed E-state index contributed by atoms with van der Waals surface area (Å²) >= 11 is 3.49. The van der Waals surface area contributed by atoms with E-state index in [0.717, 1.165) is 29.0 Å². The number of nitrogens with zero attached hydrogens (tertiary/aromatic N) is 3. The van der Waals surface area contributed by atoms with Gasteiger partial charge in [0, 0.05) is 24.5 Å². The predicted molar refractivity (Wildman–Crippen MR) is 79.7 cm³/mol. The van der Waals surface area contributed by atoms with Crippen molar-refractivity contribution in [2.75, 3.05) is 6.54 Å². The summed E-state index contributed by atoms with van der Waals surface area (Å²) in [5.74, 6) is 1.93. The van der Waals surface area contributed by atoms with Gasteiger partial charge in [-0.15, -0.1) is 10.2 Å². The Morgan fingerprint density at radius 3 is 3.15 bits per heavy atom. The fraction of sp³-hybridized carbons (Fsp3) is 0.429. The molecule has 106 valence electrons. The molecular formula is C14H17BrN4O. The van der Waals surface area contributed by atoms with Crippen molar-refractivity contribution in [3.63, 3.8) is 0 Å². The van der Waals surface area contributed by atoms with Gasteiger partial charge in [0.15, 0.2) is 0 Å². The van der Waals surface area contributed by atoms with Gasteiger partial charge in [0.25, 0.3) is 0 Å². The van der Waals surface area contributed by atoms with Gasteiger partial charge in [-0.1, -0.05) is 15.9 Å². The zero-order valence-electron chi connectivity index (χ0n) is 11.5. The zero-order chi connectivity index (χ0) is 14.1. The van der Waals surface area contributed by atoms with E-state index in [1.54, 1.807) is 6.33 Å². The van der Waals surface area contributed by atoms with Crippen LogP contribution in [0, 0.1) is 0 Å². The minimum atomic E-state index is 0.154. The van der Waals surface area contributed by atoms with E-state index < -0.39 is 0 Å². The van der Waals surface area contributed by atoms with E-state index >= 15 is 0 Å². The number of nitrogens with one attached hydrogen (secondary N) is 1. The monoisotopic (exact) mass is 336 g/mol. The molecule has 1 aromatic carbocycles. The van der Waals surface area contributed by atoms with Gasteiger partial charge in [0.1, 0.15) is 24.0 Å². The lowest BCUT2D eigenvalue weighted by Crippen LogP contribution is -2.32. The number of hydrogen-bond acceptors (Lipinski definition) is 4. The van der Waals surface area contributed by atoms with Gasteiger partial charge in [-0.25, -0.2) is 0 Å². The van der Waals surface area contributed by atoms with Crippen LogP contribution in [-0.4, -0.2) is 27.4 Å². The fourth-order valence-corrected chi connectivity index (χ4v) is 2.90. The lowest BCUT2D eigenvalue weighted by atomic mass is 10.1. The molecule has 1 aliphatic heterocycles. The third kappa shape index (κ3) is 2.71. The highest BCUT2D eigenvalue weighted by Crippen LogP contribution is 2.31. The van der Waals surface area contributed by atoms with E-state index in [9.17, 15) is 0 Å². The highest BCUT2D eigenvalue weighted by Gasteiger charge is 2.23. The Balaban J connectivity index is 1.57. The van der Waals surface area contributed by atoms with E-state index in [-0.39, 0.29) is 12.1 Å². The van der Waals surface area contributed by atoms with Crippen molar-refractivity contribution in [1.82, 2.24) is 20.1 Å². The molecule has 0 fully saturated rings. The summed E-state index contributed by atoms with van der Waals surface area (Å²) in [5.41, 5.74) is 1.26. The molecule has 2 unspecified atom stereocenters. The average Bonchev–Trinajstić information content (AvgIpc) is 3.01. The summed E-state index contributed by atoms with van der Waals surface area (Å²) in [6, 6.07) is 6.31. The van der Waals surface area contributed by atoms with Gasteiger partial charge in [0.2, 0.25) is 0 Å². The van der Waals surface area contributed by atoms with Gasteiger partial charge < -0.3 is 14.6 Å². The lowest BCUT2D eigenvalue weighted by molar-refractivity contribution is 0.221. The van der Waals surface area contributed by atoms with Gasteiger partial charge >= 0.3 is 0 Å². The molecule has 0 radical (unpaired) electrons. The zero-order valence-corrected chi connectivity index (χ0v) is 13.1. The molecular weight excluding hydrogens is 320 g/mol. The number of aromatic nitrogens is 3. The van der Waals surface area contributed by atoms with E-state index in [1.165, 1.54) is 5.56 Å². The average molecular weight is 337 g/mol. The van der Waals surface area contributed by atoms with E-state index in [4.69, 9.17) is 4.74 Å². The highest BCUT2D eigenvalue weighted by atomic mass is 79.9. The van der Waals surface area contributed by atoms with Gasteiger partial charge in [0.05, 0.1) is 6.04 Å². The molecule has 0 aliphatic carbocycles. The smallest absolute Gasteiger partial charge is 0.149 e. The van der Waals surface area contributed by atoms with Crippen LogP contribution in [0.4, 0.5) is 0 Å². The molecule has 2 heterocycles. The summed E-state index contributed by atoms with van der Waals surface area (Å²) in [6.07, 6.45) is 2.83. The number of ether oxygens (including phenoxy) is 1. The van der Waals surface area contributed by atoms with Crippen LogP contribution in [0.1, 0.15) is 24.4 Å². The van der Waals surface area contributed by atoms with Crippen LogP contribution in [0.25, 0.3) is 0 Å². The molecule has 0 spiro atoms. The summed E-state index contributed by atoms with van der Waals surface area (Å²) in [5, 5.41) is 11.5. The maximum Gasteiger partial charge on any atom is 0.149 e. The molecule has 20 heavy (non-hydrogen) atoms. The Hall–Kier alpha value is -1.40. The van der Waals surface area contributed by atoms with Crippen LogP contribution in [-0.2, 0) is 13.5 Å². The standard InChI is InChI=1S/C14H17BrN4O/c1-9(14-18-17-8-19(14)2)16-7-12-6-10-5-11(15)3-4-13(10)20-12/h3-5,8-9,12,16H,6-7H2,1-2H3. The first-order valence-corrected chi connectivity index (χ1v) is 7.45. The summed E-state index contributed by atoms with van der Waals surface area (Å²) in [7, 11) is 1.95. The van der Waals surface area contributed by atoms with Crippen molar-refractivity contribution in [3.8, 4) is 5.75 Å². The van der Waals surface area contributed by atoms with E-state index in [1.807, 2.05) is 23.7 Å². The Labute approximate surface area is 126 Å². The van der Waals surface area contributed by atoms with E-state index in [2.05, 4.69) is 44.4 Å². The predicted octanol–water partition coefficient (Wildman–Crippen LogP) is 2.23. The largest absolute Gasteiger partial charge is 0.488 e. The first-order chi connectivity index (χ1) is 9.63. The number of halogens is 1. The molecule has 1 aliphatic rings. The van der Waals surface area contributed by atoms with Crippen LogP contribution in [0.15, 0.2) is 29.0 Å². The van der Waals surface area contributed by atoms with E-state index in [0.29, 0.717) is 0 Å². The van der Waals surface area contributed by atoms with Crippen molar-refractivity contribution in [1.29, 1.82) is 0 Å². The van der Waals surface area contributed by atoms with Crippen LogP contribution in [0.2, 0.25) is 0 Å².